The van der Waals surface area contributed by atoms with Crippen LogP contribution in [0.15, 0.2) is 0 Å². The van der Waals surface area contributed by atoms with Crippen molar-refractivity contribution in [1.82, 2.24) is 4.90 Å². The van der Waals surface area contributed by atoms with Crippen LogP contribution < -0.4 is 5.73 Å². The number of carbonyl (C=O) groups is 1. The van der Waals surface area contributed by atoms with Crippen LogP contribution in [-0.4, -0.2) is 30.4 Å². The van der Waals surface area contributed by atoms with Crippen molar-refractivity contribution in [2.24, 2.45) is 17.6 Å². The summed E-state index contributed by atoms with van der Waals surface area (Å²) in [6.45, 7) is 6.77. The second kappa shape index (κ2) is 7.70. The van der Waals surface area contributed by atoms with Gasteiger partial charge in [0.25, 0.3) is 0 Å². The molecule has 1 aliphatic rings. The van der Waals surface area contributed by atoms with Crippen molar-refractivity contribution in [1.29, 1.82) is 0 Å². The summed E-state index contributed by atoms with van der Waals surface area (Å²) in [4.78, 5) is 14.1. The highest BCUT2D eigenvalue weighted by Crippen LogP contribution is 2.30. The molecule has 1 saturated carbocycles. The summed E-state index contributed by atoms with van der Waals surface area (Å²) in [6, 6.07) is 0. The first-order valence-corrected chi connectivity index (χ1v) is 7.19. The molecule has 1 aliphatic carbocycles. The minimum absolute atomic E-state index is 0.352. The summed E-state index contributed by atoms with van der Waals surface area (Å²) in [5.74, 6) is 1.67. The molecule has 0 heterocycles. The molecule has 0 atom stereocenters. The standard InChI is InChI=1S/C14H28N2O/c1-3-9-16(4-2)14(17)10-12-5-7-13(11-15)8-6-12/h12-13H,3-11,15H2,1-2H3. The van der Waals surface area contributed by atoms with Crippen molar-refractivity contribution in [2.75, 3.05) is 19.6 Å². The van der Waals surface area contributed by atoms with Crippen LogP contribution in [0.2, 0.25) is 0 Å². The molecule has 0 aliphatic heterocycles. The lowest BCUT2D eigenvalue weighted by molar-refractivity contribution is -0.132. The first-order valence-electron chi connectivity index (χ1n) is 7.19. The molecule has 0 saturated heterocycles. The van der Waals surface area contributed by atoms with Crippen LogP contribution in [0.3, 0.4) is 0 Å². The lowest BCUT2D eigenvalue weighted by Crippen LogP contribution is -2.33. The maximum absolute atomic E-state index is 12.1. The molecule has 0 radical (unpaired) electrons. The van der Waals surface area contributed by atoms with Crippen molar-refractivity contribution >= 4 is 5.91 Å². The van der Waals surface area contributed by atoms with Gasteiger partial charge in [-0.05, 0) is 57.4 Å². The number of hydrogen-bond acceptors (Lipinski definition) is 2. The van der Waals surface area contributed by atoms with Crippen molar-refractivity contribution in [3.05, 3.63) is 0 Å². The summed E-state index contributed by atoms with van der Waals surface area (Å²) < 4.78 is 0. The van der Waals surface area contributed by atoms with E-state index >= 15 is 0 Å². The molecule has 0 spiro atoms. The van der Waals surface area contributed by atoms with E-state index < -0.39 is 0 Å². The molecule has 0 aromatic heterocycles. The Balaban J connectivity index is 2.31. The topological polar surface area (TPSA) is 46.3 Å². The number of rotatable bonds is 6. The van der Waals surface area contributed by atoms with Crippen molar-refractivity contribution in [3.8, 4) is 0 Å². The van der Waals surface area contributed by atoms with Crippen molar-refractivity contribution < 1.29 is 4.79 Å². The molecule has 3 heteroatoms. The molecular formula is C14H28N2O. The van der Waals surface area contributed by atoms with Gasteiger partial charge in [0, 0.05) is 19.5 Å². The Hall–Kier alpha value is -0.570. The Morgan fingerprint density at radius 1 is 1.18 bits per heavy atom. The highest BCUT2D eigenvalue weighted by atomic mass is 16.2. The van der Waals surface area contributed by atoms with Gasteiger partial charge in [-0.2, -0.15) is 0 Å². The van der Waals surface area contributed by atoms with E-state index in [0.717, 1.165) is 32.5 Å². The van der Waals surface area contributed by atoms with Crippen LogP contribution >= 0.6 is 0 Å². The average Bonchev–Trinajstić information content (AvgIpc) is 2.36. The summed E-state index contributed by atoms with van der Waals surface area (Å²) in [5, 5.41) is 0. The average molecular weight is 240 g/mol. The fraction of sp³-hybridized carbons (Fsp3) is 0.929. The third-order valence-electron chi connectivity index (χ3n) is 3.99. The predicted octanol–water partition coefficient (Wildman–Crippen LogP) is 2.40. The number of carbonyl (C=O) groups excluding carboxylic acids is 1. The molecule has 0 bridgehead atoms. The van der Waals surface area contributed by atoms with Crippen LogP contribution in [0, 0.1) is 11.8 Å². The minimum Gasteiger partial charge on any atom is -0.343 e. The number of amides is 1. The highest BCUT2D eigenvalue weighted by molar-refractivity contribution is 5.76. The second-order valence-electron chi connectivity index (χ2n) is 5.30. The van der Waals surface area contributed by atoms with Crippen LogP contribution in [0.1, 0.15) is 52.4 Å². The van der Waals surface area contributed by atoms with Gasteiger partial charge < -0.3 is 10.6 Å². The first-order chi connectivity index (χ1) is 8.21. The number of nitrogens with zero attached hydrogens (tertiary/aromatic N) is 1. The Morgan fingerprint density at radius 2 is 1.76 bits per heavy atom. The molecular weight excluding hydrogens is 212 g/mol. The predicted molar refractivity (Wildman–Crippen MR) is 71.7 cm³/mol. The van der Waals surface area contributed by atoms with Crippen LogP contribution in [0.4, 0.5) is 0 Å². The van der Waals surface area contributed by atoms with E-state index in [2.05, 4.69) is 13.8 Å². The number of hydrogen-bond donors (Lipinski definition) is 1. The molecule has 0 aromatic rings. The van der Waals surface area contributed by atoms with Crippen LogP contribution in [-0.2, 0) is 4.79 Å². The van der Waals surface area contributed by atoms with E-state index in [9.17, 15) is 4.79 Å². The zero-order valence-electron chi connectivity index (χ0n) is 11.5. The fourth-order valence-corrected chi connectivity index (χ4v) is 2.78. The first kappa shape index (κ1) is 14.5. The zero-order chi connectivity index (χ0) is 12.7. The lowest BCUT2D eigenvalue weighted by atomic mass is 9.80. The van der Waals surface area contributed by atoms with Gasteiger partial charge in [-0.25, -0.2) is 0 Å². The van der Waals surface area contributed by atoms with E-state index in [4.69, 9.17) is 5.73 Å². The second-order valence-corrected chi connectivity index (χ2v) is 5.30. The van der Waals surface area contributed by atoms with Gasteiger partial charge in [0.15, 0.2) is 0 Å². The van der Waals surface area contributed by atoms with E-state index in [1.807, 2.05) is 4.90 Å². The van der Waals surface area contributed by atoms with E-state index in [1.165, 1.54) is 25.7 Å². The molecule has 0 aromatic carbocycles. The summed E-state index contributed by atoms with van der Waals surface area (Å²) in [5.41, 5.74) is 5.68. The third kappa shape index (κ3) is 4.66. The van der Waals surface area contributed by atoms with Crippen LogP contribution in [0.5, 0.6) is 0 Å². The van der Waals surface area contributed by atoms with Crippen molar-refractivity contribution in [2.45, 2.75) is 52.4 Å². The molecule has 0 unspecified atom stereocenters. The lowest BCUT2D eigenvalue weighted by Gasteiger charge is -2.29. The normalized spacial score (nSPS) is 24.6. The van der Waals surface area contributed by atoms with Crippen LogP contribution in [0.25, 0.3) is 0 Å². The van der Waals surface area contributed by atoms with Gasteiger partial charge in [-0.15, -0.1) is 0 Å². The quantitative estimate of drug-likeness (QED) is 0.775. The maximum Gasteiger partial charge on any atom is 0.222 e. The Kier molecular flexibility index (Phi) is 6.56. The molecule has 17 heavy (non-hydrogen) atoms. The molecule has 100 valence electrons. The summed E-state index contributed by atoms with van der Waals surface area (Å²) >= 11 is 0. The number of nitrogens with two attached hydrogens (primary N) is 1. The highest BCUT2D eigenvalue weighted by Gasteiger charge is 2.23. The third-order valence-corrected chi connectivity index (χ3v) is 3.99. The van der Waals surface area contributed by atoms with E-state index in [0.29, 0.717) is 17.7 Å². The smallest absolute Gasteiger partial charge is 0.222 e. The molecule has 1 fully saturated rings. The monoisotopic (exact) mass is 240 g/mol. The summed E-state index contributed by atoms with van der Waals surface area (Å²) in [7, 11) is 0. The molecule has 3 nitrogen and oxygen atoms in total. The van der Waals surface area contributed by atoms with E-state index in [1.54, 1.807) is 0 Å². The van der Waals surface area contributed by atoms with Gasteiger partial charge >= 0.3 is 0 Å². The Labute approximate surface area is 106 Å². The fourth-order valence-electron chi connectivity index (χ4n) is 2.78. The Bertz CT molecular complexity index is 222. The van der Waals surface area contributed by atoms with Gasteiger partial charge in [0.2, 0.25) is 5.91 Å². The van der Waals surface area contributed by atoms with Gasteiger partial charge in [0.1, 0.15) is 0 Å². The van der Waals surface area contributed by atoms with Gasteiger partial charge in [-0.3, -0.25) is 4.79 Å². The van der Waals surface area contributed by atoms with Gasteiger partial charge in [0.05, 0.1) is 0 Å². The molecule has 1 rings (SSSR count). The van der Waals surface area contributed by atoms with Crippen molar-refractivity contribution in [3.63, 3.8) is 0 Å². The maximum atomic E-state index is 12.1. The molecule has 2 N–H and O–H groups in total. The molecule has 1 amide bonds. The largest absolute Gasteiger partial charge is 0.343 e. The SMILES string of the molecule is CCCN(CC)C(=O)CC1CCC(CN)CC1. The minimum atomic E-state index is 0.352. The van der Waals surface area contributed by atoms with E-state index in [-0.39, 0.29) is 0 Å². The summed E-state index contributed by atoms with van der Waals surface area (Å²) in [6.07, 6.45) is 6.63. The van der Waals surface area contributed by atoms with Gasteiger partial charge in [-0.1, -0.05) is 6.92 Å². The zero-order valence-corrected chi connectivity index (χ0v) is 11.5. The Morgan fingerprint density at radius 3 is 2.24 bits per heavy atom.